The first-order valence-electron chi connectivity index (χ1n) is 6.59. The van der Waals surface area contributed by atoms with E-state index in [1.807, 2.05) is 13.8 Å². The molecule has 3 amide bonds. The van der Waals surface area contributed by atoms with Gasteiger partial charge in [-0.2, -0.15) is 0 Å². The highest BCUT2D eigenvalue weighted by molar-refractivity contribution is 5.96. The van der Waals surface area contributed by atoms with E-state index >= 15 is 0 Å². The summed E-state index contributed by atoms with van der Waals surface area (Å²) in [4.78, 5) is 36.2. The molecule has 0 aromatic rings. The Kier molecular flexibility index (Phi) is 5.10. The Morgan fingerprint density at radius 2 is 1.95 bits per heavy atom. The third-order valence-electron chi connectivity index (χ3n) is 3.30. The molecular weight excluding hydrogens is 264 g/mol. The highest BCUT2D eigenvalue weighted by atomic mass is 16.5. The highest BCUT2D eigenvalue weighted by Crippen LogP contribution is 2.20. The van der Waals surface area contributed by atoms with Crippen LogP contribution in [0.1, 0.15) is 34.1 Å². The minimum Gasteiger partial charge on any atom is -0.481 e. The molecule has 114 valence electrons. The predicted octanol–water partition coefficient (Wildman–Crippen LogP) is 0.833. The Morgan fingerprint density at radius 3 is 2.50 bits per heavy atom. The number of hydrogen-bond donors (Lipinski definition) is 2. The topological polar surface area (TPSA) is 95.9 Å². The maximum atomic E-state index is 12.0. The number of carboxylic acid groups (broad SMARTS) is 1. The Bertz CT molecular complexity index is 408. The Morgan fingerprint density at radius 1 is 1.35 bits per heavy atom. The van der Waals surface area contributed by atoms with Crippen molar-refractivity contribution in [3.8, 4) is 0 Å². The summed E-state index contributed by atoms with van der Waals surface area (Å²) in [5.41, 5.74) is -1.20. The van der Waals surface area contributed by atoms with Gasteiger partial charge >= 0.3 is 12.0 Å². The molecule has 2 atom stereocenters. The summed E-state index contributed by atoms with van der Waals surface area (Å²) in [6, 6.07) is -0.620. The molecule has 0 aliphatic carbocycles. The minimum absolute atomic E-state index is 0.0810. The third-order valence-corrected chi connectivity index (χ3v) is 3.30. The van der Waals surface area contributed by atoms with Gasteiger partial charge in [-0.25, -0.2) is 4.79 Å². The van der Waals surface area contributed by atoms with Crippen LogP contribution < -0.4 is 5.32 Å². The lowest BCUT2D eigenvalue weighted by molar-refractivity contribution is -0.149. The molecule has 2 N–H and O–H groups in total. The first-order valence-corrected chi connectivity index (χ1v) is 6.59. The van der Waals surface area contributed by atoms with Gasteiger partial charge in [0.15, 0.2) is 0 Å². The molecule has 1 aliphatic heterocycles. The van der Waals surface area contributed by atoms with Crippen molar-refractivity contribution in [3.05, 3.63) is 0 Å². The van der Waals surface area contributed by atoms with Crippen molar-refractivity contribution in [2.45, 2.75) is 46.3 Å². The summed E-state index contributed by atoms with van der Waals surface area (Å²) in [5, 5.41) is 11.2. The van der Waals surface area contributed by atoms with Crippen molar-refractivity contribution in [1.29, 1.82) is 0 Å². The number of urea groups is 1. The molecule has 0 bridgehead atoms. The van der Waals surface area contributed by atoms with E-state index < -0.39 is 23.3 Å². The number of morpholine rings is 1. The molecule has 20 heavy (non-hydrogen) atoms. The number of rotatable bonds is 3. The van der Waals surface area contributed by atoms with Gasteiger partial charge in [-0.05, 0) is 27.7 Å². The van der Waals surface area contributed by atoms with E-state index in [-0.39, 0.29) is 18.6 Å². The van der Waals surface area contributed by atoms with Gasteiger partial charge in [0, 0.05) is 13.0 Å². The fourth-order valence-corrected chi connectivity index (χ4v) is 1.90. The maximum Gasteiger partial charge on any atom is 0.324 e. The first-order chi connectivity index (χ1) is 9.13. The molecule has 1 rings (SSSR count). The van der Waals surface area contributed by atoms with Crippen LogP contribution >= 0.6 is 0 Å². The van der Waals surface area contributed by atoms with Gasteiger partial charge < -0.3 is 14.7 Å². The van der Waals surface area contributed by atoms with E-state index in [1.54, 1.807) is 0 Å². The lowest BCUT2D eigenvalue weighted by Gasteiger charge is -2.36. The number of carboxylic acids is 1. The van der Waals surface area contributed by atoms with Crippen molar-refractivity contribution in [2.75, 3.05) is 13.2 Å². The zero-order chi connectivity index (χ0) is 15.5. The molecule has 1 saturated heterocycles. The van der Waals surface area contributed by atoms with E-state index in [1.165, 1.54) is 18.7 Å². The minimum atomic E-state index is -1.20. The van der Waals surface area contributed by atoms with Crippen LogP contribution in [0.15, 0.2) is 0 Å². The standard InChI is InChI=1S/C13H22N2O5/c1-8-7-20-9(2)6-15(8)12(19)14-10(16)5-13(3,4)11(17)18/h8-9H,5-7H2,1-4H3,(H,17,18)(H,14,16,19). The van der Waals surface area contributed by atoms with Gasteiger partial charge in [0.2, 0.25) is 5.91 Å². The van der Waals surface area contributed by atoms with Crippen molar-refractivity contribution in [3.63, 3.8) is 0 Å². The Labute approximate surface area is 118 Å². The highest BCUT2D eigenvalue weighted by Gasteiger charge is 2.33. The van der Waals surface area contributed by atoms with Crippen LogP contribution in [-0.2, 0) is 14.3 Å². The largest absolute Gasteiger partial charge is 0.481 e. The summed E-state index contributed by atoms with van der Waals surface area (Å²) < 4.78 is 5.40. The molecule has 7 nitrogen and oxygen atoms in total. The molecule has 0 spiro atoms. The van der Waals surface area contributed by atoms with Crippen LogP contribution in [0.5, 0.6) is 0 Å². The fraction of sp³-hybridized carbons (Fsp3) is 0.769. The van der Waals surface area contributed by atoms with Crippen molar-refractivity contribution in [1.82, 2.24) is 10.2 Å². The first kappa shape index (κ1) is 16.4. The second-order valence-electron chi connectivity index (χ2n) is 5.86. The van der Waals surface area contributed by atoms with E-state index in [2.05, 4.69) is 5.32 Å². The molecule has 2 unspecified atom stereocenters. The van der Waals surface area contributed by atoms with Gasteiger partial charge in [0.1, 0.15) is 0 Å². The molecule has 1 fully saturated rings. The maximum absolute atomic E-state index is 12.0. The number of ether oxygens (including phenoxy) is 1. The van der Waals surface area contributed by atoms with E-state index in [4.69, 9.17) is 9.84 Å². The number of carbonyl (C=O) groups excluding carboxylic acids is 2. The van der Waals surface area contributed by atoms with Crippen molar-refractivity contribution < 1.29 is 24.2 Å². The van der Waals surface area contributed by atoms with Gasteiger partial charge in [0.05, 0.1) is 24.2 Å². The van der Waals surface area contributed by atoms with Gasteiger partial charge in [-0.3, -0.25) is 14.9 Å². The molecule has 1 heterocycles. The monoisotopic (exact) mass is 286 g/mol. The molecular formula is C13H22N2O5. The van der Waals surface area contributed by atoms with Gasteiger partial charge in [0.25, 0.3) is 0 Å². The molecule has 1 aliphatic rings. The van der Waals surface area contributed by atoms with Gasteiger partial charge in [-0.15, -0.1) is 0 Å². The third kappa shape index (κ3) is 4.19. The summed E-state index contributed by atoms with van der Waals surface area (Å²) >= 11 is 0. The van der Waals surface area contributed by atoms with Crippen LogP contribution in [0.2, 0.25) is 0 Å². The molecule has 7 heteroatoms. The second-order valence-corrected chi connectivity index (χ2v) is 5.86. The normalized spacial score (nSPS) is 23.3. The quantitative estimate of drug-likeness (QED) is 0.801. The average molecular weight is 286 g/mol. The zero-order valence-corrected chi connectivity index (χ0v) is 12.3. The van der Waals surface area contributed by atoms with Crippen molar-refractivity contribution in [2.24, 2.45) is 5.41 Å². The second kappa shape index (κ2) is 6.21. The van der Waals surface area contributed by atoms with Crippen LogP contribution in [0, 0.1) is 5.41 Å². The number of carbonyl (C=O) groups is 3. The fourth-order valence-electron chi connectivity index (χ4n) is 1.90. The number of aliphatic carboxylic acids is 1. The summed E-state index contributed by atoms with van der Waals surface area (Å²) in [5.74, 6) is -1.66. The summed E-state index contributed by atoms with van der Waals surface area (Å²) in [6.07, 6.45) is -0.329. The predicted molar refractivity (Wildman–Crippen MR) is 71.2 cm³/mol. The van der Waals surface area contributed by atoms with E-state index in [0.29, 0.717) is 13.2 Å². The lowest BCUT2D eigenvalue weighted by Crippen LogP contribution is -2.55. The summed E-state index contributed by atoms with van der Waals surface area (Å²) in [7, 11) is 0. The average Bonchev–Trinajstić information content (AvgIpc) is 2.31. The molecule has 0 aromatic heterocycles. The number of amides is 3. The molecule has 0 radical (unpaired) electrons. The van der Waals surface area contributed by atoms with Crippen LogP contribution in [-0.4, -0.2) is 53.2 Å². The number of hydrogen-bond acceptors (Lipinski definition) is 4. The lowest BCUT2D eigenvalue weighted by atomic mass is 9.89. The molecule has 0 aromatic carbocycles. The Hall–Kier alpha value is -1.63. The molecule has 0 saturated carbocycles. The van der Waals surface area contributed by atoms with Crippen LogP contribution in [0.4, 0.5) is 4.79 Å². The van der Waals surface area contributed by atoms with E-state index in [0.717, 1.165) is 0 Å². The number of nitrogens with one attached hydrogen (secondary N) is 1. The Balaban J connectivity index is 2.57. The van der Waals surface area contributed by atoms with E-state index in [9.17, 15) is 14.4 Å². The van der Waals surface area contributed by atoms with Crippen LogP contribution in [0.3, 0.4) is 0 Å². The van der Waals surface area contributed by atoms with Gasteiger partial charge in [-0.1, -0.05) is 0 Å². The SMILES string of the molecule is CC1CN(C(=O)NC(=O)CC(C)(C)C(=O)O)C(C)CO1. The zero-order valence-electron chi connectivity index (χ0n) is 12.3. The van der Waals surface area contributed by atoms with Crippen LogP contribution in [0.25, 0.3) is 0 Å². The number of imide groups is 1. The summed E-state index contributed by atoms with van der Waals surface area (Å²) in [6.45, 7) is 7.39. The number of nitrogens with zero attached hydrogens (tertiary/aromatic N) is 1. The van der Waals surface area contributed by atoms with Crippen molar-refractivity contribution >= 4 is 17.9 Å². The smallest absolute Gasteiger partial charge is 0.324 e.